The highest BCUT2D eigenvalue weighted by molar-refractivity contribution is 5.97. The van der Waals surface area contributed by atoms with Crippen molar-refractivity contribution < 1.29 is 28.5 Å². The summed E-state index contributed by atoms with van der Waals surface area (Å²) in [6.45, 7) is 2.77. The predicted octanol–water partition coefficient (Wildman–Crippen LogP) is 2.03. The van der Waals surface area contributed by atoms with Crippen molar-refractivity contribution in [1.82, 2.24) is 36.6 Å². The number of nitrogens with one attached hydrogen (secondary N) is 5. The maximum absolute atomic E-state index is 13.1. The monoisotopic (exact) mass is 643 g/mol. The molecule has 5 N–H and O–H groups in total. The second-order valence-corrected chi connectivity index (χ2v) is 13.2. The van der Waals surface area contributed by atoms with Gasteiger partial charge in [-0.25, -0.2) is 0 Å². The van der Waals surface area contributed by atoms with Crippen LogP contribution in [0.25, 0.3) is 0 Å². The van der Waals surface area contributed by atoms with Gasteiger partial charge in [-0.2, -0.15) is 0 Å². The topological polar surface area (TPSA) is 175 Å². The van der Waals surface area contributed by atoms with Crippen LogP contribution in [0.3, 0.4) is 0 Å². The predicted molar refractivity (Wildman–Crippen MR) is 171 cm³/mol. The standard InChI is InChI=1S/C33H53N7O6/c41-29(22-36-32(44)28(21-25-12-6-2-7-13-25)38-33(45)26-14-19-46-39-26)35-23-30(42)37-27(20-24-10-4-1-5-11-24)31(43)34-15-18-40-16-8-3-9-17-40/h14,19,24-25,27-28H,1-13,15-18,20-23H2,(H,34,43)(H,35,41)(H,36,44)(H,37,42)(H,38,45)/t27-,28-/m0/s1. The van der Waals surface area contributed by atoms with E-state index in [-0.39, 0.29) is 24.7 Å². The average molecular weight is 644 g/mol. The second-order valence-electron chi connectivity index (χ2n) is 13.2. The van der Waals surface area contributed by atoms with Crippen molar-refractivity contribution >= 4 is 29.5 Å². The van der Waals surface area contributed by atoms with E-state index in [2.05, 4.69) is 36.6 Å². The van der Waals surface area contributed by atoms with Crippen molar-refractivity contribution in [3.05, 3.63) is 18.0 Å². The van der Waals surface area contributed by atoms with Crippen molar-refractivity contribution in [1.29, 1.82) is 0 Å². The average Bonchev–Trinajstić information content (AvgIpc) is 3.63. The molecular formula is C33H53N7O6. The summed E-state index contributed by atoms with van der Waals surface area (Å²) in [6, 6.07) is -0.0811. The molecule has 0 spiro atoms. The molecule has 1 aromatic rings. The number of piperidine rings is 1. The summed E-state index contributed by atoms with van der Waals surface area (Å²) in [6.07, 6.45) is 16.8. The molecule has 4 rings (SSSR count). The van der Waals surface area contributed by atoms with Gasteiger partial charge >= 0.3 is 0 Å². The van der Waals surface area contributed by atoms with Crippen LogP contribution in [-0.2, 0) is 19.2 Å². The lowest BCUT2D eigenvalue weighted by Gasteiger charge is -2.28. The maximum Gasteiger partial charge on any atom is 0.274 e. The lowest BCUT2D eigenvalue weighted by molar-refractivity contribution is -0.130. The molecule has 1 saturated heterocycles. The summed E-state index contributed by atoms with van der Waals surface area (Å²) in [5.41, 5.74) is 0.0719. The first kappa shape index (κ1) is 35.4. The fourth-order valence-electron chi connectivity index (χ4n) is 6.96. The third-order valence-corrected chi connectivity index (χ3v) is 9.58. The van der Waals surface area contributed by atoms with Crippen LogP contribution in [-0.4, -0.2) is 90.9 Å². The lowest BCUT2D eigenvalue weighted by Crippen LogP contribution is -2.52. The zero-order chi connectivity index (χ0) is 32.6. The van der Waals surface area contributed by atoms with Crippen LogP contribution in [0.2, 0.25) is 0 Å². The molecule has 2 heterocycles. The molecule has 3 aliphatic rings. The van der Waals surface area contributed by atoms with E-state index < -0.39 is 35.7 Å². The third kappa shape index (κ3) is 12.4. The van der Waals surface area contributed by atoms with Gasteiger partial charge in [-0.3, -0.25) is 24.0 Å². The van der Waals surface area contributed by atoms with E-state index >= 15 is 0 Å². The molecule has 13 heteroatoms. The van der Waals surface area contributed by atoms with Gasteiger partial charge in [0.05, 0.1) is 13.1 Å². The second kappa shape index (κ2) is 19.2. The van der Waals surface area contributed by atoms with Crippen LogP contribution in [0, 0.1) is 11.8 Å². The van der Waals surface area contributed by atoms with Crippen LogP contribution in [0.1, 0.15) is 107 Å². The summed E-state index contributed by atoms with van der Waals surface area (Å²) in [7, 11) is 0. The number of aromatic nitrogens is 1. The largest absolute Gasteiger partial charge is 0.364 e. The molecule has 0 unspecified atom stereocenters. The first-order chi connectivity index (χ1) is 22.4. The Morgan fingerprint density at radius 3 is 1.89 bits per heavy atom. The molecule has 0 aromatic carbocycles. The molecule has 3 fully saturated rings. The molecule has 2 saturated carbocycles. The number of carbonyl (C=O) groups excluding carboxylic acids is 5. The normalized spacial score (nSPS) is 19.4. The number of hydrogen-bond acceptors (Lipinski definition) is 8. The van der Waals surface area contributed by atoms with Crippen molar-refractivity contribution in [2.75, 3.05) is 39.3 Å². The van der Waals surface area contributed by atoms with Gasteiger partial charge in [-0.05, 0) is 50.6 Å². The Labute approximate surface area is 272 Å². The smallest absolute Gasteiger partial charge is 0.274 e. The molecular weight excluding hydrogens is 590 g/mol. The zero-order valence-electron chi connectivity index (χ0n) is 27.2. The number of rotatable bonds is 16. The Morgan fingerprint density at radius 2 is 1.28 bits per heavy atom. The fraction of sp³-hybridized carbons (Fsp3) is 0.758. The quantitative estimate of drug-likeness (QED) is 0.182. The number of nitrogens with zero attached hydrogens (tertiary/aromatic N) is 2. The van der Waals surface area contributed by atoms with Gasteiger partial charge in [0, 0.05) is 19.2 Å². The highest BCUT2D eigenvalue weighted by Crippen LogP contribution is 2.28. The zero-order valence-corrected chi connectivity index (χ0v) is 27.2. The number of likely N-dealkylation sites (tertiary alicyclic amines) is 1. The van der Waals surface area contributed by atoms with E-state index in [1.54, 1.807) is 0 Å². The minimum atomic E-state index is -0.836. The van der Waals surface area contributed by atoms with Crippen LogP contribution in [0.15, 0.2) is 16.9 Å². The molecule has 0 radical (unpaired) electrons. The van der Waals surface area contributed by atoms with Crippen molar-refractivity contribution in [3.8, 4) is 0 Å². The van der Waals surface area contributed by atoms with E-state index in [0.717, 1.165) is 77.4 Å². The highest BCUT2D eigenvalue weighted by Gasteiger charge is 2.28. The molecule has 46 heavy (non-hydrogen) atoms. The Kier molecular flexibility index (Phi) is 14.8. The lowest BCUT2D eigenvalue weighted by atomic mass is 9.84. The molecule has 1 aliphatic heterocycles. The first-order valence-electron chi connectivity index (χ1n) is 17.4. The van der Waals surface area contributed by atoms with Gasteiger partial charge in [0.15, 0.2) is 5.69 Å². The van der Waals surface area contributed by atoms with E-state index in [1.807, 2.05) is 0 Å². The molecule has 13 nitrogen and oxygen atoms in total. The van der Waals surface area contributed by atoms with E-state index in [9.17, 15) is 24.0 Å². The minimum absolute atomic E-state index is 0.0719. The van der Waals surface area contributed by atoms with E-state index in [4.69, 9.17) is 4.52 Å². The summed E-state index contributed by atoms with van der Waals surface area (Å²) in [5.74, 6) is -1.52. The molecule has 2 aliphatic carbocycles. The van der Waals surface area contributed by atoms with Gasteiger partial charge in [-0.1, -0.05) is 75.8 Å². The van der Waals surface area contributed by atoms with Crippen LogP contribution < -0.4 is 26.6 Å². The maximum atomic E-state index is 13.1. The molecule has 2 atom stereocenters. The SMILES string of the molecule is O=C(CNC(=O)[C@H](CC1CCCCC1)NC(=O)c1ccon1)NCC(=O)N[C@@H](CC1CCCCC1)C(=O)NCCN1CCCCC1. The van der Waals surface area contributed by atoms with Gasteiger partial charge < -0.3 is 36.0 Å². The highest BCUT2D eigenvalue weighted by atomic mass is 16.5. The third-order valence-electron chi connectivity index (χ3n) is 9.58. The van der Waals surface area contributed by atoms with E-state index in [0.29, 0.717) is 31.2 Å². The summed E-state index contributed by atoms with van der Waals surface area (Å²) >= 11 is 0. The fourth-order valence-corrected chi connectivity index (χ4v) is 6.96. The van der Waals surface area contributed by atoms with Gasteiger partial charge in [0.25, 0.3) is 5.91 Å². The number of amides is 5. The van der Waals surface area contributed by atoms with Crippen molar-refractivity contribution in [2.45, 2.75) is 108 Å². The Hall–Kier alpha value is -3.48. The summed E-state index contributed by atoms with van der Waals surface area (Å²) < 4.78 is 4.75. The molecule has 1 aromatic heterocycles. The van der Waals surface area contributed by atoms with Crippen LogP contribution in [0.5, 0.6) is 0 Å². The number of carbonyl (C=O) groups is 5. The summed E-state index contributed by atoms with van der Waals surface area (Å²) in [5, 5.41) is 17.4. The molecule has 5 amide bonds. The molecule has 0 bridgehead atoms. The minimum Gasteiger partial charge on any atom is -0.364 e. The Bertz CT molecular complexity index is 1110. The van der Waals surface area contributed by atoms with Gasteiger partial charge in [-0.15, -0.1) is 0 Å². The van der Waals surface area contributed by atoms with Crippen LogP contribution >= 0.6 is 0 Å². The van der Waals surface area contributed by atoms with E-state index in [1.165, 1.54) is 38.0 Å². The van der Waals surface area contributed by atoms with Crippen molar-refractivity contribution in [2.24, 2.45) is 11.8 Å². The van der Waals surface area contributed by atoms with Gasteiger partial charge in [0.2, 0.25) is 23.6 Å². The van der Waals surface area contributed by atoms with Crippen LogP contribution in [0.4, 0.5) is 0 Å². The number of hydrogen-bond donors (Lipinski definition) is 5. The van der Waals surface area contributed by atoms with Crippen molar-refractivity contribution in [3.63, 3.8) is 0 Å². The summed E-state index contributed by atoms with van der Waals surface area (Å²) in [4.78, 5) is 66.7. The first-order valence-corrected chi connectivity index (χ1v) is 17.4. The Morgan fingerprint density at radius 1 is 0.717 bits per heavy atom. The Balaban J connectivity index is 1.22. The molecule has 256 valence electrons. The van der Waals surface area contributed by atoms with Gasteiger partial charge in [0.1, 0.15) is 18.3 Å².